The Kier molecular flexibility index (Phi) is 3.48. The Morgan fingerprint density at radius 1 is 1.29 bits per heavy atom. The van der Waals surface area contributed by atoms with Crippen molar-refractivity contribution >= 4 is 10.1 Å². The molecule has 1 heterocycles. The van der Waals surface area contributed by atoms with Gasteiger partial charge in [-0.2, -0.15) is 8.42 Å². The Balaban J connectivity index is 2.16. The lowest BCUT2D eigenvalue weighted by atomic mass is 10.2. The zero-order valence-electron chi connectivity index (χ0n) is 9.37. The number of benzene rings is 1. The molecular formula is C11H14O5S. The molecule has 0 spiro atoms. The minimum Gasteiger partial charge on any atom is -0.388 e. The van der Waals surface area contributed by atoms with E-state index in [-0.39, 0.29) is 18.1 Å². The molecular weight excluding hydrogens is 244 g/mol. The minimum absolute atomic E-state index is 0.0854. The van der Waals surface area contributed by atoms with Gasteiger partial charge in [-0.05, 0) is 19.1 Å². The summed E-state index contributed by atoms with van der Waals surface area (Å²) in [5.74, 6) is 0. The van der Waals surface area contributed by atoms with Gasteiger partial charge in [-0.25, -0.2) is 0 Å². The van der Waals surface area contributed by atoms with Crippen molar-refractivity contribution in [3.05, 3.63) is 29.8 Å². The number of aliphatic hydroxyl groups is 1. The summed E-state index contributed by atoms with van der Waals surface area (Å²) in [7, 11) is -3.83. The molecule has 0 aliphatic carbocycles. The third-order valence-electron chi connectivity index (χ3n) is 2.56. The molecule has 94 valence electrons. The topological polar surface area (TPSA) is 72.8 Å². The molecule has 17 heavy (non-hydrogen) atoms. The monoisotopic (exact) mass is 258 g/mol. The van der Waals surface area contributed by atoms with Crippen LogP contribution in [0, 0.1) is 6.92 Å². The highest BCUT2D eigenvalue weighted by Gasteiger charge is 2.32. The molecule has 0 bridgehead atoms. The van der Waals surface area contributed by atoms with Crippen molar-refractivity contribution in [3.63, 3.8) is 0 Å². The molecule has 0 aromatic heterocycles. The Morgan fingerprint density at radius 2 is 1.94 bits per heavy atom. The van der Waals surface area contributed by atoms with Crippen LogP contribution in [0.1, 0.15) is 5.56 Å². The fraction of sp³-hybridized carbons (Fsp3) is 0.455. The van der Waals surface area contributed by atoms with E-state index >= 15 is 0 Å². The van der Waals surface area contributed by atoms with Gasteiger partial charge in [0.05, 0.1) is 18.1 Å². The van der Waals surface area contributed by atoms with Crippen molar-refractivity contribution in [1.82, 2.24) is 0 Å². The number of rotatable bonds is 3. The summed E-state index contributed by atoms with van der Waals surface area (Å²) < 4.78 is 33.6. The van der Waals surface area contributed by atoms with Crippen LogP contribution in [0.25, 0.3) is 0 Å². The Morgan fingerprint density at radius 3 is 2.47 bits per heavy atom. The van der Waals surface area contributed by atoms with Gasteiger partial charge in [0.1, 0.15) is 12.2 Å². The van der Waals surface area contributed by atoms with Crippen molar-refractivity contribution < 1.29 is 22.4 Å². The van der Waals surface area contributed by atoms with Crippen molar-refractivity contribution in [2.24, 2.45) is 0 Å². The van der Waals surface area contributed by atoms with Crippen LogP contribution in [0.5, 0.6) is 0 Å². The van der Waals surface area contributed by atoms with Crippen molar-refractivity contribution in [2.45, 2.75) is 24.0 Å². The van der Waals surface area contributed by atoms with Crippen LogP contribution < -0.4 is 0 Å². The summed E-state index contributed by atoms with van der Waals surface area (Å²) in [4.78, 5) is 0.0854. The van der Waals surface area contributed by atoms with E-state index in [9.17, 15) is 13.5 Å². The van der Waals surface area contributed by atoms with Gasteiger partial charge >= 0.3 is 0 Å². The van der Waals surface area contributed by atoms with Crippen LogP contribution >= 0.6 is 0 Å². The van der Waals surface area contributed by atoms with Crippen molar-refractivity contribution in [3.8, 4) is 0 Å². The first-order valence-electron chi connectivity index (χ1n) is 5.25. The maximum atomic E-state index is 11.9. The number of aryl methyl sites for hydroxylation is 1. The Bertz CT molecular complexity index is 479. The second-order valence-electron chi connectivity index (χ2n) is 4.01. The second-order valence-corrected chi connectivity index (χ2v) is 5.58. The lowest BCUT2D eigenvalue weighted by Gasteiger charge is -2.13. The van der Waals surface area contributed by atoms with E-state index in [1.807, 2.05) is 6.92 Å². The average molecular weight is 258 g/mol. The standard InChI is InChI=1S/C11H14O5S/c1-8-2-4-9(5-3-8)17(13,14)16-11-7-15-6-10(11)12/h2-5,10-12H,6-7H2,1H3/t10-,11-/m0/s1. The molecule has 2 atom stereocenters. The number of ether oxygens (including phenoxy) is 1. The van der Waals surface area contributed by atoms with Gasteiger partial charge in [-0.3, -0.25) is 4.18 Å². The largest absolute Gasteiger partial charge is 0.388 e. The summed E-state index contributed by atoms with van der Waals surface area (Å²) in [6.07, 6.45) is -1.71. The highest BCUT2D eigenvalue weighted by atomic mass is 32.2. The normalized spacial score (nSPS) is 25.1. The SMILES string of the molecule is Cc1ccc(S(=O)(=O)O[C@H]2COC[C@@H]2O)cc1. The smallest absolute Gasteiger partial charge is 0.297 e. The predicted molar refractivity (Wildman–Crippen MR) is 60.1 cm³/mol. The van der Waals surface area contributed by atoms with E-state index in [1.54, 1.807) is 12.1 Å². The van der Waals surface area contributed by atoms with Gasteiger partial charge in [0.15, 0.2) is 0 Å². The molecule has 0 saturated carbocycles. The molecule has 1 aromatic carbocycles. The van der Waals surface area contributed by atoms with Crippen LogP contribution in [0.4, 0.5) is 0 Å². The Hall–Kier alpha value is -0.950. The van der Waals surface area contributed by atoms with Gasteiger partial charge < -0.3 is 9.84 Å². The summed E-state index contributed by atoms with van der Waals surface area (Å²) in [5.41, 5.74) is 0.966. The van der Waals surface area contributed by atoms with Gasteiger partial charge in [-0.1, -0.05) is 17.7 Å². The summed E-state index contributed by atoms with van der Waals surface area (Å²) in [5, 5.41) is 9.43. The molecule has 1 aromatic rings. The molecule has 1 aliphatic heterocycles. The van der Waals surface area contributed by atoms with E-state index in [0.29, 0.717) is 0 Å². The quantitative estimate of drug-likeness (QED) is 0.797. The lowest BCUT2D eigenvalue weighted by molar-refractivity contribution is 0.0773. The summed E-state index contributed by atoms with van der Waals surface area (Å²) in [6.45, 7) is 2.06. The maximum absolute atomic E-state index is 11.9. The molecule has 2 rings (SSSR count). The fourth-order valence-corrected chi connectivity index (χ4v) is 2.63. The van der Waals surface area contributed by atoms with Gasteiger partial charge in [0, 0.05) is 0 Å². The predicted octanol–water partition coefficient (Wildman–Crippen LogP) is 0.460. The van der Waals surface area contributed by atoms with E-state index in [0.717, 1.165) is 5.56 Å². The molecule has 1 N–H and O–H groups in total. The second kappa shape index (κ2) is 4.73. The van der Waals surface area contributed by atoms with Gasteiger partial charge in [-0.15, -0.1) is 0 Å². The summed E-state index contributed by atoms with van der Waals surface area (Å²) in [6, 6.07) is 6.34. The third-order valence-corrected chi connectivity index (χ3v) is 3.91. The first kappa shape index (κ1) is 12.5. The first-order valence-corrected chi connectivity index (χ1v) is 6.65. The molecule has 0 unspecified atom stereocenters. The minimum atomic E-state index is -3.83. The Labute approximate surface area is 100 Å². The first-order chi connectivity index (χ1) is 7.99. The molecule has 1 saturated heterocycles. The molecule has 1 aliphatic rings. The number of aliphatic hydroxyl groups excluding tert-OH is 1. The van der Waals surface area contributed by atoms with Crippen LogP contribution in [0.3, 0.4) is 0 Å². The summed E-state index contributed by atoms with van der Waals surface area (Å²) >= 11 is 0. The number of hydrogen-bond donors (Lipinski definition) is 1. The average Bonchev–Trinajstić information content (AvgIpc) is 2.64. The van der Waals surface area contributed by atoms with E-state index in [4.69, 9.17) is 8.92 Å². The van der Waals surface area contributed by atoms with Gasteiger partial charge in [0.2, 0.25) is 0 Å². The molecule has 1 fully saturated rings. The molecule has 5 nitrogen and oxygen atoms in total. The molecule has 0 amide bonds. The van der Waals surface area contributed by atoms with E-state index in [1.165, 1.54) is 12.1 Å². The lowest BCUT2D eigenvalue weighted by Crippen LogP contribution is -2.29. The van der Waals surface area contributed by atoms with Crippen LogP contribution in [0.2, 0.25) is 0 Å². The molecule has 0 radical (unpaired) electrons. The third kappa shape index (κ3) is 2.84. The van der Waals surface area contributed by atoms with Crippen LogP contribution in [-0.4, -0.2) is 38.9 Å². The van der Waals surface area contributed by atoms with Crippen LogP contribution in [-0.2, 0) is 19.0 Å². The zero-order valence-corrected chi connectivity index (χ0v) is 10.2. The fourth-order valence-electron chi connectivity index (χ4n) is 1.54. The van der Waals surface area contributed by atoms with E-state index < -0.39 is 22.3 Å². The van der Waals surface area contributed by atoms with Crippen molar-refractivity contribution in [1.29, 1.82) is 0 Å². The van der Waals surface area contributed by atoms with E-state index in [2.05, 4.69) is 0 Å². The number of hydrogen-bond acceptors (Lipinski definition) is 5. The highest BCUT2D eigenvalue weighted by Crippen LogP contribution is 2.19. The van der Waals surface area contributed by atoms with Crippen molar-refractivity contribution in [2.75, 3.05) is 13.2 Å². The maximum Gasteiger partial charge on any atom is 0.297 e. The molecule has 6 heteroatoms. The van der Waals surface area contributed by atoms with Gasteiger partial charge in [0.25, 0.3) is 10.1 Å². The van der Waals surface area contributed by atoms with Crippen LogP contribution in [0.15, 0.2) is 29.2 Å². The zero-order chi connectivity index (χ0) is 12.5. The highest BCUT2D eigenvalue weighted by molar-refractivity contribution is 7.86.